The molecule has 3 amide bonds. The maximum Gasteiger partial charge on any atom is 0.321 e. The van der Waals surface area contributed by atoms with Gasteiger partial charge in [0.05, 0.1) is 36.1 Å². The highest BCUT2D eigenvalue weighted by Gasteiger charge is 2.32. The van der Waals surface area contributed by atoms with Crippen LogP contribution in [0, 0.1) is 19.8 Å². The third-order valence-corrected chi connectivity index (χ3v) is 11.0. The molecule has 3 N–H and O–H groups in total. The largest absolute Gasteiger partial charge is 0.490 e. The molecule has 280 valence electrons. The second-order valence-corrected chi connectivity index (χ2v) is 15.2. The minimum absolute atomic E-state index is 0.0741. The van der Waals surface area contributed by atoms with Crippen molar-refractivity contribution in [1.29, 1.82) is 0 Å². The van der Waals surface area contributed by atoms with E-state index in [1.54, 1.807) is 35.9 Å². The fourth-order valence-electron chi connectivity index (χ4n) is 6.41. The van der Waals surface area contributed by atoms with E-state index in [1.165, 1.54) is 19.9 Å². The molecule has 4 atom stereocenters. The molecule has 2 heterocycles. The number of benzene rings is 3. The van der Waals surface area contributed by atoms with E-state index >= 15 is 0 Å². The number of nitrogens with one attached hydrogen (secondary N) is 2. The van der Waals surface area contributed by atoms with Crippen LogP contribution in [0.3, 0.4) is 0 Å². The number of rotatable bonds is 8. The Hall–Kier alpha value is -4.66. The number of urea groups is 1. The predicted octanol–water partition coefficient (Wildman–Crippen LogP) is 6.20. The zero-order valence-electron chi connectivity index (χ0n) is 30.6. The van der Waals surface area contributed by atoms with E-state index in [4.69, 9.17) is 14.0 Å². The number of sulfonamides is 1. The van der Waals surface area contributed by atoms with Gasteiger partial charge >= 0.3 is 6.03 Å². The maximum atomic E-state index is 14.5. The van der Waals surface area contributed by atoms with Gasteiger partial charge in [-0.1, -0.05) is 48.5 Å². The van der Waals surface area contributed by atoms with E-state index in [0.717, 1.165) is 23.6 Å². The van der Waals surface area contributed by atoms with Crippen LogP contribution in [0.1, 0.15) is 61.8 Å². The second kappa shape index (κ2) is 16.8. The molecule has 5 rings (SSSR count). The molecule has 0 fully saturated rings. The Morgan fingerprint density at radius 2 is 1.85 bits per heavy atom. The zero-order valence-corrected chi connectivity index (χ0v) is 31.4. The van der Waals surface area contributed by atoms with Crippen molar-refractivity contribution in [2.24, 2.45) is 5.92 Å². The number of fused-ring (bicyclic) bond motifs is 2. The molecule has 0 radical (unpaired) electrons. The highest BCUT2D eigenvalue weighted by molar-refractivity contribution is 7.92. The average Bonchev–Trinajstić information content (AvgIpc) is 3.47. The minimum atomic E-state index is -4.10. The highest BCUT2D eigenvalue weighted by atomic mass is 32.2. The molecule has 1 aromatic heterocycles. The highest BCUT2D eigenvalue weighted by Crippen LogP contribution is 2.31. The van der Waals surface area contributed by atoms with E-state index in [0.29, 0.717) is 24.5 Å². The molecule has 52 heavy (non-hydrogen) atoms. The average molecular weight is 736 g/mol. The molecule has 0 saturated carbocycles. The lowest BCUT2D eigenvalue weighted by Gasteiger charge is -2.35. The molecule has 14 heteroatoms. The van der Waals surface area contributed by atoms with Gasteiger partial charge in [-0.3, -0.25) is 9.52 Å². The second-order valence-electron chi connectivity index (χ2n) is 13.6. The quantitative estimate of drug-likeness (QED) is 0.191. The number of aliphatic hydroxyl groups excluding tert-OH is 1. The molecule has 0 aliphatic carbocycles. The molecule has 0 saturated heterocycles. The third-order valence-electron chi connectivity index (χ3n) is 9.37. The van der Waals surface area contributed by atoms with E-state index in [9.17, 15) is 23.1 Å². The fourth-order valence-corrected chi connectivity index (χ4v) is 7.79. The Bertz CT molecular complexity index is 1960. The van der Waals surface area contributed by atoms with Gasteiger partial charge in [0.25, 0.3) is 15.9 Å². The first-order valence-corrected chi connectivity index (χ1v) is 19.1. The molecule has 1 aliphatic heterocycles. The number of carbonyl (C=O) groups excluding carboxylic acids is 2. The first-order valence-electron chi connectivity index (χ1n) is 17.6. The van der Waals surface area contributed by atoms with Crippen molar-refractivity contribution in [1.82, 2.24) is 15.0 Å². The lowest BCUT2D eigenvalue weighted by Crippen LogP contribution is -2.48. The van der Waals surface area contributed by atoms with Crippen LogP contribution >= 0.6 is 0 Å². The van der Waals surface area contributed by atoms with Gasteiger partial charge in [-0.25, -0.2) is 13.2 Å². The van der Waals surface area contributed by atoms with E-state index in [-0.39, 0.29) is 65.3 Å². The lowest BCUT2D eigenvalue weighted by atomic mass is 10.0. The molecule has 13 nitrogen and oxygen atoms in total. The Morgan fingerprint density at radius 1 is 1.10 bits per heavy atom. The van der Waals surface area contributed by atoms with Gasteiger partial charge in [-0.05, 0) is 76.6 Å². The summed E-state index contributed by atoms with van der Waals surface area (Å²) in [6.45, 7) is 9.21. The number of aryl methyl sites for hydroxylation is 2. The smallest absolute Gasteiger partial charge is 0.321 e. The van der Waals surface area contributed by atoms with E-state index in [2.05, 4.69) is 15.2 Å². The van der Waals surface area contributed by atoms with Gasteiger partial charge in [0.2, 0.25) is 0 Å². The number of aromatic nitrogens is 1. The van der Waals surface area contributed by atoms with Crippen LogP contribution in [0.15, 0.2) is 70.1 Å². The fraction of sp³-hybridized carbons (Fsp3) is 0.447. The number of carbonyl (C=O) groups is 2. The molecule has 4 aromatic rings. The normalized spacial score (nSPS) is 19.6. The summed E-state index contributed by atoms with van der Waals surface area (Å²) in [6.07, 6.45) is 1.52. The summed E-state index contributed by atoms with van der Waals surface area (Å²) in [5.74, 6) is -0.290. The number of nitrogens with zero attached hydrogens (tertiary/aromatic N) is 3. The van der Waals surface area contributed by atoms with Gasteiger partial charge in [-0.15, -0.1) is 0 Å². The zero-order chi connectivity index (χ0) is 37.6. The number of amides is 3. The summed E-state index contributed by atoms with van der Waals surface area (Å²) in [6, 6.07) is 17.3. The molecular formula is C38H49N5O8S. The van der Waals surface area contributed by atoms with Crippen LogP contribution < -0.4 is 14.8 Å². The molecule has 0 bridgehead atoms. The SMILES string of the molecule is Cc1noc(C)c1S(=O)(=O)Nc1ccc2c(c1)C(=O)N([C@@H](C)CO)C[C@H](C)[C@@H](CN(C)C(=O)Nc1cccc3ccccc13)OCCCC[C@H](C)O2. The molecule has 0 spiro atoms. The van der Waals surface area contributed by atoms with E-state index < -0.39 is 28.1 Å². The third kappa shape index (κ3) is 9.03. The summed E-state index contributed by atoms with van der Waals surface area (Å²) in [7, 11) is -2.39. The van der Waals surface area contributed by atoms with Crippen molar-refractivity contribution in [3.63, 3.8) is 0 Å². The van der Waals surface area contributed by atoms with Crippen LogP contribution in [-0.4, -0.2) is 92.0 Å². The topological polar surface area (TPSA) is 164 Å². The van der Waals surface area contributed by atoms with Crippen LogP contribution in [0.5, 0.6) is 5.75 Å². The number of likely N-dealkylation sites (N-methyl/N-ethyl adjacent to an activating group) is 1. The Labute approximate surface area is 305 Å². The van der Waals surface area contributed by atoms with Crippen molar-refractivity contribution >= 4 is 44.1 Å². The van der Waals surface area contributed by atoms with Crippen molar-refractivity contribution in [2.75, 3.05) is 43.4 Å². The van der Waals surface area contributed by atoms with Crippen molar-refractivity contribution in [3.8, 4) is 5.75 Å². The van der Waals surface area contributed by atoms with Gasteiger partial charge in [0, 0.05) is 43.7 Å². The first kappa shape index (κ1) is 38.6. The number of hydrogen-bond donors (Lipinski definition) is 3. The number of ether oxygens (including phenoxy) is 2. The van der Waals surface area contributed by atoms with Crippen molar-refractivity contribution in [3.05, 3.63) is 77.7 Å². The number of anilines is 2. The predicted molar refractivity (Wildman–Crippen MR) is 199 cm³/mol. The van der Waals surface area contributed by atoms with Gasteiger partial charge in [0.15, 0.2) is 10.7 Å². The standard InChI is InChI=1S/C38H49N5O8S/c1-24-21-43(25(2)23-44)37(45)32-20-30(41-52(47,48)36-27(4)40-51-28(36)5)17-18-34(32)50-26(3)12-9-10-19-49-35(24)22-42(6)38(46)39-33-16-11-14-29-13-7-8-15-31(29)33/h7-8,11,13-18,20,24-26,35,41,44H,9-10,12,19,21-23H2,1-6H3,(H,39,46)/t24-,25-,26-,35+/m0/s1. The molecular weight excluding hydrogens is 687 g/mol. The monoisotopic (exact) mass is 735 g/mol. The Morgan fingerprint density at radius 3 is 2.58 bits per heavy atom. The summed E-state index contributed by atoms with van der Waals surface area (Å²) in [5.41, 5.74) is 1.20. The van der Waals surface area contributed by atoms with Crippen LogP contribution in [0.25, 0.3) is 10.8 Å². The van der Waals surface area contributed by atoms with Crippen molar-refractivity contribution < 1.29 is 37.1 Å². The molecule has 1 aliphatic rings. The lowest BCUT2D eigenvalue weighted by molar-refractivity contribution is -0.0115. The summed E-state index contributed by atoms with van der Waals surface area (Å²) >= 11 is 0. The first-order chi connectivity index (χ1) is 24.8. The van der Waals surface area contributed by atoms with Crippen LogP contribution in [0.2, 0.25) is 0 Å². The number of hydrogen-bond acceptors (Lipinski definition) is 9. The molecule has 3 aromatic carbocycles. The summed E-state index contributed by atoms with van der Waals surface area (Å²) < 4.78 is 47.0. The number of aliphatic hydroxyl groups is 1. The van der Waals surface area contributed by atoms with Crippen LogP contribution in [0.4, 0.5) is 16.2 Å². The Kier molecular flexibility index (Phi) is 12.4. The summed E-state index contributed by atoms with van der Waals surface area (Å²) in [5, 5.41) is 19.0. The van der Waals surface area contributed by atoms with Crippen LogP contribution in [-0.2, 0) is 14.8 Å². The van der Waals surface area contributed by atoms with Gasteiger partial charge in [-0.2, -0.15) is 0 Å². The minimum Gasteiger partial charge on any atom is -0.490 e. The van der Waals surface area contributed by atoms with Gasteiger partial charge < -0.3 is 34.2 Å². The maximum absolute atomic E-state index is 14.5. The molecule has 0 unspecified atom stereocenters. The van der Waals surface area contributed by atoms with Gasteiger partial charge in [0.1, 0.15) is 11.4 Å². The summed E-state index contributed by atoms with van der Waals surface area (Å²) in [4.78, 5) is 31.0. The van der Waals surface area contributed by atoms with Crippen molar-refractivity contribution in [2.45, 2.75) is 77.0 Å². The van der Waals surface area contributed by atoms with E-state index in [1.807, 2.05) is 56.3 Å². The Balaban J connectivity index is 1.41.